The van der Waals surface area contributed by atoms with Crippen molar-refractivity contribution in [3.8, 4) is 0 Å². The maximum atomic E-state index is 13.3. The summed E-state index contributed by atoms with van der Waals surface area (Å²) in [5.74, 6) is 0.172. The van der Waals surface area contributed by atoms with Crippen molar-refractivity contribution in [2.24, 2.45) is 0 Å². The Kier molecular flexibility index (Phi) is 7.69. The number of hydrogen-bond acceptors (Lipinski definition) is 6. The molecule has 1 amide bonds. The quantitative estimate of drug-likeness (QED) is 0.327. The van der Waals surface area contributed by atoms with E-state index in [1.165, 1.54) is 22.2 Å². The maximum Gasteiger partial charge on any atom is 0.263 e. The fourth-order valence-electron chi connectivity index (χ4n) is 3.52. The van der Waals surface area contributed by atoms with Gasteiger partial charge in [-0.05, 0) is 31.2 Å². The predicted molar refractivity (Wildman–Crippen MR) is 120 cm³/mol. The molecule has 2 heterocycles. The van der Waals surface area contributed by atoms with Gasteiger partial charge in [-0.25, -0.2) is 4.98 Å². The molecular weight excluding hydrogens is 406 g/mol. The average molecular weight is 434 g/mol. The summed E-state index contributed by atoms with van der Waals surface area (Å²) in [6.07, 6.45) is 7.63. The van der Waals surface area contributed by atoms with E-state index in [0.717, 1.165) is 35.9 Å². The molecule has 29 heavy (non-hydrogen) atoms. The van der Waals surface area contributed by atoms with Gasteiger partial charge in [-0.3, -0.25) is 14.2 Å². The normalized spacial score (nSPS) is 13.3. The number of rotatable bonds is 10. The number of amides is 1. The third-order valence-corrected chi connectivity index (χ3v) is 7.08. The van der Waals surface area contributed by atoms with Crippen LogP contribution in [-0.2, 0) is 28.9 Å². The van der Waals surface area contributed by atoms with Crippen LogP contribution in [0.25, 0.3) is 10.2 Å². The Labute approximate surface area is 179 Å². The van der Waals surface area contributed by atoms with E-state index in [-0.39, 0.29) is 17.2 Å². The first kappa shape index (κ1) is 21.8. The highest BCUT2D eigenvalue weighted by molar-refractivity contribution is 7.99. The van der Waals surface area contributed by atoms with Crippen molar-refractivity contribution in [2.45, 2.75) is 37.4 Å². The monoisotopic (exact) mass is 433 g/mol. The van der Waals surface area contributed by atoms with Gasteiger partial charge in [0.15, 0.2) is 5.16 Å². The van der Waals surface area contributed by atoms with Crippen LogP contribution in [0.3, 0.4) is 0 Å². The molecule has 2 aromatic heterocycles. The van der Waals surface area contributed by atoms with Crippen LogP contribution >= 0.6 is 23.1 Å². The van der Waals surface area contributed by atoms with Gasteiger partial charge in [0.2, 0.25) is 5.91 Å². The highest BCUT2D eigenvalue weighted by atomic mass is 32.2. The van der Waals surface area contributed by atoms with Crippen LogP contribution in [0.2, 0.25) is 0 Å². The summed E-state index contributed by atoms with van der Waals surface area (Å²) in [7, 11) is 1.61. The Morgan fingerprint density at radius 3 is 2.72 bits per heavy atom. The van der Waals surface area contributed by atoms with Crippen molar-refractivity contribution in [2.75, 3.05) is 32.6 Å². The SMILES string of the molecule is C=CCN(CC=C)C(=O)CSc1nc2sc3c(c2c(=O)n1CCOC)CCCC3. The Hall–Kier alpha value is -1.90. The summed E-state index contributed by atoms with van der Waals surface area (Å²) in [5, 5.41) is 1.33. The number of carbonyl (C=O) groups excluding carboxylic acids is 1. The van der Waals surface area contributed by atoms with Crippen molar-refractivity contribution >= 4 is 39.2 Å². The zero-order chi connectivity index (χ0) is 20.8. The molecule has 2 aromatic rings. The molecule has 0 radical (unpaired) electrons. The third-order valence-electron chi connectivity index (χ3n) is 4.94. The summed E-state index contributed by atoms with van der Waals surface area (Å²) < 4.78 is 6.86. The summed E-state index contributed by atoms with van der Waals surface area (Å²) >= 11 is 2.93. The van der Waals surface area contributed by atoms with Gasteiger partial charge in [0.05, 0.1) is 24.3 Å². The third kappa shape index (κ3) is 4.82. The molecule has 0 N–H and O–H groups in total. The largest absolute Gasteiger partial charge is 0.383 e. The lowest BCUT2D eigenvalue weighted by molar-refractivity contribution is -0.127. The molecule has 1 aliphatic rings. The van der Waals surface area contributed by atoms with Gasteiger partial charge >= 0.3 is 0 Å². The molecule has 0 fully saturated rings. The van der Waals surface area contributed by atoms with Gasteiger partial charge < -0.3 is 9.64 Å². The van der Waals surface area contributed by atoms with E-state index >= 15 is 0 Å². The minimum absolute atomic E-state index is 0.0181. The Bertz CT molecular complexity index is 954. The van der Waals surface area contributed by atoms with Crippen LogP contribution in [0.5, 0.6) is 0 Å². The van der Waals surface area contributed by atoms with Crippen molar-refractivity contribution in [3.05, 3.63) is 46.1 Å². The highest BCUT2D eigenvalue weighted by Gasteiger charge is 2.23. The lowest BCUT2D eigenvalue weighted by Crippen LogP contribution is -2.33. The zero-order valence-corrected chi connectivity index (χ0v) is 18.4. The standard InChI is InChI=1S/C21H27N3O3S2/c1-4-10-23(11-5-2)17(25)14-28-21-22-19-18(20(26)24(21)12-13-27-3)15-8-6-7-9-16(15)29-19/h4-5H,1-2,6-14H2,3H3. The molecule has 156 valence electrons. The summed E-state index contributed by atoms with van der Waals surface area (Å²) in [6, 6.07) is 0. The second-order valence-corrected chi connectivity index (χ2v) is 8.93. The van der Waals surface area contributed by atoms with E-state index < -0.39 is 0 Å². The first-order chi connectivity index (χ1) is 14.1. The van der Waals surface area contributed by atoms with Gasteiger partial charge in [-0.15, -0.1) is 24.5 Å². The first-order valence-electron chi connectivity index (χ1n) is 9.77. The summed E-state index contributed by atoms with van der Waals surface area (Å²) in [6.45, 7) is 9.17. The smallest absolute Gasteiger partial charge is 0.263 e. The van der Waals surface area contributed by atoms with Crippen molar-refractivity contribution in [1.82, 2.24) is 14.5 Å². The van der Waals surface area contributed by atoms with Gasteiger partial charge in [0, 0.05) is 25.1 Å². The molecule has 0 bridgehead atoms. The molecule has 0 spiro atoms. The number of thioether (sulfide) groups is 1. The Morgan fingerprint density at radius 1 is 1.31 bits per heavy atom. The fourth-order valence-corrected chi connectivity index (χ4v) is 5.75. The number of nitrogens with zero attached hydrogens (tertiary/aromatic N) is 3. The van der Waals surface area contributed by atoms with E-state index in [9.17, 15) is 9.59 Å². The second kappa shape index (κ2) is 10.2. The number of aromatic nitrogens is 2. The molecule has 0 unspecified atom stereocenters. The minimum atomic E-state index is -0.0343. The fraction of sp³-hybridized carbons (Fsp3) is 0.476. The molecule has 3 rings (SSSR count). The average Bonchev–Trinajstić information content (AvgIpc) is 3.10. The minimum Gasteiger partial charge on any atom is -0.383 e. The van der Waals surface area contributed by atoms with Crippen LogP contribution in [0.4, 0.5) is 0 Å². The molecule has 0 saturated heterocycles. The highest BCUT2D eigenvalue weighted by Crippen LogP contribution is 2.34. The van der Waals surface area contributed by atoms with E-state index in [0.29, 0.717) is 31.4 Å². The molecule has 0 aromatic carbocycles. The molecule has 6 nitrogen and oxygen atoms in total. The van der Waals surface area contributed by atoms with Gasteiger partial charge in [0.25, 0.3) is 5.56 Å². The molecule has 0 saturated carbocycles. The van der Waals surface area contributed by atoms with Crippen LogP contribution < -0.4 is 5.56 Å². The lowest BCUT2D eigenvalue weighted by Gasteiger charge is -2.19. The van der Waals surface area contributed by atoms with Crippen LogP contribution in [0.1, 0.15) is 23.3 Å². The van der Waals surface area contributed by atoms with Crippen molar-refractivity contribution in [1.29, 1.82) is 0 Å². The predicted octanol–water partition coefficient (Wildman–Crippen LogP) is 3.28. The molecule has 0 atom stereocenters. The zero-order valence-electron chi connectivity index (χ0n) is 16.8. The van der Waals surface area contributed by atoms with E-state index in [4.69, 9.17) is 9.72 Å². The maximum absolute atomic E-state index is 13.3. The first-order valence-corrected chi connectivity index (χ1v) is 11.6. The van der Waals surface area contributed by atoms with Crippen LogP contribution in [0, 0.1) is 0 Å². The number of carbonyl (C=O) groups is 1. The van der Waals surface area contributed by atoms with Gasteiger partial charge in [-0.1, -0.05) is 23.9 Å². The number of fused-ring (bicyclic) bond motifs is 3. The van der Waals surface area contributed by atoms with E-state index in [1.807, 2.05) is 0 Å². The van der Waals surface area contributed by atoms with Crippen LogP contribution in [-0.4, -0.2) is 52.9 Å². The Balaban J connectivity index is 1.93. The topological polar surface area (TPSA) is 64.4 Å². The van der Waals surface area contributed by atoms with Gasteiger partial charge in [0.1, 0.15) is 4.83 Å². The summed E-state index contributed by atoms with van der Waals surface area (Å²) in [5.41, 5.74) is 1.16. The van der Waals surface area contributed by atoms with Crippen molar-refractivity contribution in [3.63, 3.8) is 0 Å². The number of hydrogen-bond donors (Lipinski definition) is 0. The molecular formula is C21H27N3O3S2. The summed E-state index contributed by atoms with van der Waals surface area (Å²) in [4.78, 5) is 34.5. The van der Waals surface area contributed by atoms with Crippen molar-refractivity contribution < 1.29 is 9.53 Å². The van der Waals surface area contributed by atoms with Gasteiger partial charge in [-0.2, -0.15) is 0 Å². The number of thiophene rings is 1. The van der Waals surface area contributed by atoms with E-state index in [2.05, 4.69) is 13.2 Å². The number of methoxy groups -OCH3 is 1. The second-order valence-electron chi connectivity index (χ2n) is 6.90. The molecule has 8 heteroatoms. The molecule has 1 aliphatic carbocycles. The lowest BCUT2D eigenvalue weighted by atomic mass is 9.97. The molecule has 0 aliphatic heterocycles. The number of aryl methyl sites for hydroxylation is 2. The Morgan fingerprint density at radius 2 is 2.03 bits per heavy atom. The van der Waals surface area contributed by atoms with E-state index in [1.54, 1.807) is 40.1 Å². The number of ether oxygens (including phenoxy) is 1. The van der Waals surface area contributed by atoms with Crippen LogP contribution in [0.15, 0.2) is 35.3 Å².